The van der Waals surface area contributed by atoms with E-state index in [1.54, 1.807) is 12.1 Å². The summed E-state index contributed by atoms with van der Waals surface area (Å²) in [4.78, 5) is 27.5. The van der Waals surface area contributed by atoms with Gasteiger partial charge in [0, 0.05) is 24.6 Å². The van der Waals surface area contributed by atoms with E-state index in [9.17, 15) is 23.5 Å². The summed E-state index contributed by atoms with van der Waals surface area (Å²) in [6.45, 7) is 5.08. The van der Waals surface area contributed by atoms with Crippen LogP contribution in [0.25, 0.3) is 0 Å². The van der Waals surface area contributed by atoms with Crippen molar-refractivity contribution in [3.8, 4) is 6.07 Å². The number of nitrogens with one attached hydrogen (secondary N) is 1. The Kier molecular flexibility index (Phi) is 6.89. The Morgan fingerprint density at radius 3 is 2.62 bits per heavy atom. The van der Waals surface area contributed by atoms with Crippen LogP contribution in [-0.2, 0) is 9.59 Å². The number of likely N-dealkylation sites (tertiary alicyclic amines) is 1. The van der Waals surface area contributed by atoms with Crippen molar-refractivity contribution in [2.24, 2.45) is 5.92 Å². The van der Waals surface area contributed by atoms with Gasteiger partial charge in [-0.05, 0) is 25.0 Å². The maximum absolute atomic E-state index is 14.3. The third-order valence-corrected chi connectivity index (χ3v) is 5.59. The Labute approximate surface area is 183 Å². The Morgan fingerprint density at radius 1 is 1.31 bits per heavy atom. The minimum Gasteiger partial charge on any atom is -0.391 e. The first-order valence-electron chi connectivity index (χ1n) is 10.2. The Balaban J connectivity index is 1.80. The lowest BCUT2D eigenvalue weighted by Crippen LogP contribution is -2.48. The minimum absolute atomic E-state index is 0.00965. The number of carbonyl (C=O) groups is 2. The van der Waals surface area contributed by atoms with E-state index in [-0.39, 0.29) is 24.4 Å². The summed E-state index contributed by atoms with van der Waals surface area (Å²) in [5.74, 6) is -3.23. The van der Waals surface area contributed by atoms with Crippen LogP contribution in [0.2, 0.25) is 0 Å². The highest BCUT2D eigenvalue weighted by Crippen LogP contribution is 2.31. The molecule has 3 rings (SSSR count). The first-order chi connectivity index (χ1) is 15.1. The molecular formula is C22H24F2N4O4. The first-order valence-corrected chi connectivity index (χ1v) is 10.2. The number of aromatic nitrogens is 1. The van der Waals surface area contributed by atoms with E-state index in [2.05, 4.69) is 10.5 Å². The third kappa shape index (κ3) is 4.62. The van der Waals surface area contributed by atoms with E-state index in [4.69, 9.17) is 9.78 Å². The second-order valence-corrected chi connectivity index (χ2v) is 8.23. The van der Waals surface area contributed by atoms with Crippen LogP contribution in [0, 0.1) is 28.9 Å². The normalized spacial score (nSPS) is 20.1. The average Bonchev–Trinajstić information content (AvgIpc) is 3.38. The standard InChI is InChI=1S/C22H24F2N4O4/c1-11(2)20(19-4-5-26-32-19)22(31)28-10-14(29)7-18(28)21(30)27-12(3)15-8-16(23)13(9-25)6-17(15)24/h4-6,8,11-12,14,18,20,29H,7,10H2,1-3H3,(H,27,30)/t12-,14+,18-,20+/m0/s1. The van der Waals surface area contributed by atoms with Crippen molar-refractivity contribution in [1.29, 1.82) is 5.26 Å². The van der Waals surface area contributed by atoms with Crippen molar-refractivity contribution >= 4 is 11.8 Å². The predicted octanol–water partition coefficient (Wildman–Crippen LogP) is 2.40. The van der Waals surface area contributed by atoms with Crippen molar-refractivity contribution in [3.05, 3.63) is 52.9 Å². The molecule has 1 fully saturated rings. The molecule has 0 aliphatic carbocycles. The first kappa shape index (κ1) is 23.3. The Morgan fingerprint density at radius 2 is 2.03 bits per heavy atom. The number of hydrogen-bond acceptors (Lipinski definition) is 6. The number of amides is 2. The van der Waals surface area contributed by atoms with Crippen LogP contribution in [-0.4, -0.2) is 45.7 Å². The summed E-state index contributed by atoms with van der Waals surface area (Å²) in [6, 6.07) is 2.84. The smallest absolute Gasteiger partial charge is 0.243 e. The summed E-state index contributed by atoms with van der Waals surface area (Å²) in [6.07, 6.45) is 0.528. The fourth-order valence-electron chi connectivity index (χ4n) is 3.97. The summed E-state index contributed by atoms with van der Waals surface area (Å²) in [5, 5.41) is 25.2. The second kappa shape index (κ2) is 9.44. The zero-order valence-corrected chi connectivity index (χ0v) is 17.9. The molecule has 2 N–H and O–H groups in total. The van der Waals surface area contributed by atoms with Gasteiger partial charge in [-0.25, -0.2) is 8.78 Å². The molecule has 0 saturated carbocycles. The topological polar surface area (TPSA) is 119 Å². The molecule has 1 aromatic carbocycles. The van der Waals surface area contributed by atoms with Crippen LogP contribution in [0.1, 0.15) is 56.0 Å². The molecule has 0 unspecified atom stereocenters. The minimum atomic E-state index is -0.990. The number of nitriles is 1. The molecule has 1 aromatic heterocycles. The Hall–Kier alpha value is -3.32. The van der Waals surface area contributed by atoms with Crippen molar-refractivity contribution in [2.75, 3.05) is 6.54 Å². The lowest BCUT2D eigenvalue weighted by atomic mass is 9.91. The molecule has 1 aliphatic heterocycles. The summed E-state index contributed by atoms with van der Waals surface area (Å²) in [7, 11) is 0. The van der Waals surface area contributed by atoms with Crippen LogP contribution in [0.4, 0.5) is 8.78 Å². The van der Waals surface area contributed by atoms with Crippen LogP contribution < -0.4 is 5.32 Å². The zero-order valence-electron chi connectivity index (χ0n) is 17.9. The van der Waals surface area contributed by atoms with Gasteiger partial charge >= 0.3 is 0 Å². The molecule has 0 radical (unpaired) electrons. The molecule has 170 valence electrons. The van der Waals surface area contributed by atoms with E-state index >= 15 is 0 Å². The summed E-state index contributed by atoms with van der Waals surface area (Å²) >= 11 is 0. The quantitative estimate of drug-likeness (QED) is 0.703. The van der Waals surface area contributed by atoms with Crippen molar-refractivity contribution < 1.29 is 28.0 Å². The Bertz CT molecular complexity index is 1040. The number of halogens is 2. The van der Waals surface area contributed by atoms with Gasteiger partial charge < -0.3 is 19.8 Å². The van der Waals surface area contributed by atoms with Gasteiger partial charge in [-0.2, -0.15) is 5.26 Å². The lowest BCUT2D eigenvalue weighted by Gasteiger charge is -2.29. The second-order valence-electron chi connectivity index (χ2n) is 8.23. The maximum atomic E-state index is 14.3. The molecule has 2 heterocycles. The zero-order chi connectivity index (χ0) is 23.6. The number of hydrogen-bond donors (Lipinski definition) is 2. The molecule has 2 aromatic rings. The highest BCUT2D eigenvalue weighted by atomic mass is 19.1. The van der Waals surface area contributed by atoms with Gasteiger partial charge in [0.2, 0.25) is 11.8 Å². The van der Waals surface area contributed by atoms with Crippen molar-refractivity contribution in [1.82, 2.24) is 15.4 Å². The van der Waals surface area contributed by atoms with Crippen molar-refractivity contribution in [2.45, 2.75) is 51.3 Å². The van der Waals surface area contributed by atoms with E-state index in [0.29, 0.717) is 5.76 Å². The van der Waals surface area contributed by atoms with Crippen LogP contribution >= 0.6 is 0 Å². The lowest BCUT2D eigenvalue weighted by molar-refractivity contribution is -0.141. The number of aliphatic hydroxyl groups excluding tert-OH is 1. The highest BCUT2D eigenvalue weighted by Gasteiger charge is 2.43. The van der Waals surface area contributed by atoms with Crippen molar-refractivity contribution in [3.63, 3.8) is 0 Å². The largest absolute Gasteiger partial charge is 0.391 e. The third-order valence-electron chi connectivity index (χ3n) is 5.59. The fourth-order valence-corrected chi connectivity index (χ4v) is 3.97. The molecule has 0 bridgehead atoms. The van der Waals surface area contributed by atoms with Crippen LogP contribution in [0.15, 0.2) is 28.9 Å². The van der Waals surface area contributed by atoms with Gasteiger partial charge in [-0.1, -0.05) is 19.0 Å². The molecule has 1 aliphatic rings. The molecular weight excluding hydrogens is 422 g/mol. The van der Waals surface area contributed by atoms with Gasteiger partial charge in [-0.3, -0.25) is 9.59 Å². The molecule has 2 amide bonds. The number of β-amino-alcohol motifs (C(OH)–C–C–N with tert-alkyl or cyclic N) is 1. The highest BCUT2D eigenvalue weighted by molar-refractivity contribution is 5.91. The number of carbonyl (C=O) groups excluding carboxylic acids is 2. The van der Waals surface area contributed by atoms with E-state index < -0.39 is 53.1 Å². The predicted molar refractivity (Wildman–Crippen MR) is 108 cm³/mol. The van der Waals surface area contributed by atoms with Gasteiger partial charge in [0.15, 0.2) is 0 Å². The number of benzene rings is 1. The fraction of sp³-hybridized carbons (Fsp3) is 0.455. The monoisotopic (exact) mass is 446 g/mol. The molecule has 8 nitrogen and oxygen atoms in total. The molecule has 1 saturated heterocycles. The molecule has 32 heavy (non-hydrogen) atoms. The number of rotatable bonds is 6. The average molecular weight is 446 g/mol. The van der Waals surface area contributed by atoms with E-state index in [1.165, 1.54) is 18.0 Å². The van der Waals surface area contributed by atoms with E-state index in [0.717, 1.165) is 12.1 Å². The van der Waals surface area contributed by atoms with Crippen LogP contribution in [0.3, 0.4) is 0 Å². The molecule has 10 heteroatoms. The van der Waals surface area contributed by atoms with Gasteiger partial charge in [0.05, 0.1) is 23.9 Å². The number of aliphatic hydroxyl groups is 1. The van der Waals surface area contributed by atoms with Gasteiger partial charge in [0.25, 0.3) is 0 Å². The molecule has 0 spiro atoms. The molecule has 4 atom stereocenters. The van der Waals surface area contributed by atoms with Gasteiger partial charge in [-0.15, -0.1) is 0 Å². The SMILES string of the molecule is CC(C)[C@@H](C(=O)N1C[C@H](O)C[C@H]1C(=O)N[C@@H](C)c1cc(F)c(C#N)cc1F)c1ccno1. The maximum Gasteiger partial charge on any atom is 0.243 e. The summed E-state index contributed by atoms with van der Waals surface area (Å²) in [5.41, 5.74) is -0.569. The van der Waals surface area contributed by atoms with Crippen LogP contribution in [0.5, 0.6) is 0 Å². The number of nitrogens with zero attached hydrogens (tertiary/aromatic N) is 3. The summed E-state index contributed by atoms with van der Waals surface area (Å²) < 4.78 is 33.4. The van der Waals surface area contributed by atoms with Gasteiger partial charge in [0.1, 0.15) is 35.4 Å². The van der Waals surface area contributed by atoms with E-state index in [1.807, 2.05) is 13.8 Å².